The van der Waals surface area contributed by atoms with Crippen LogP contribution in [0.3, 0.4) is 0 Å². The first kappa shape index (κ1) is 33.0. The Hall–Kier alpha value is -3.20. The molecule has 2 unspecified atom stereocenters. The number of unbranched alkanes of at least 4 members (excludes halogenated alkanes) is 4. The van der Waals surface area contributed by atoms with Crippen molar-refractivity contribution in [2.45, 2.75) is 91.3 Å². The summed E-state index contributed by atoms with van der Waals surface area (Å²) in [5.74, 6) is -0.715. The number of aryl methyl sites for hydroxylation is 2. The maximum Gasteiger partial charge on any atom is 0.408 e. The molecule has 0 spiro atoms. The average Bonchev–Trinajstić information content (AvgIpc) is 2.88. The van der Waals surface area contributed by atoms with E-state index in [1.807, 2.05) is 31.2 Å². The van der Waals surface area contributed by atoms with Crippen LogP contribution >= 0.6 is 12.6 Å². The molecule has 0 aliphatic carbocycles. The van der Waals surface area contributed by atoms with E-state index < -0.39 is 35.6 Å². The lowest BCUT2D eigenvalue weighted by molar-refractivity contribution is -0.140. The molecule has 2 aromatic carbocycles. The second-order valence-corrected chi connectivity index (χ2v) is 11.4. The van der Waals surface area contributed by atoms with Crippen LogP contribution in [0.25, 0.3) is 0 Å². The number of alkyl carbamates (subject to hydrolysis) is 1. The Balaban J connectivity index is 2.51. The van der Waals surface area contributed by atoms with E-state index in [-0.39, 0.29) is 11.5 Å². The topological polar surface area (TPSA) is 108 Å². The minimum absolute atomic E-state index is 0.0190. The summed E-state index contributed by atoms with van der Waals surface area (Å²) in [5.41, 5.74) is 1.92. The maximum atomic E-state index is 14.1. The van der Waals surface area contributed by atoms with Gasteiger partial charge in [0, 0.05) is 18.0 Å². The monoisotopic (exact) mass is 571 g/mol. The highest BCUT2D eigenvalue weighted by Gasteiger charge is 2.36. The van der Waals surface area contributed by atoms with Crippen LogP contribution in [0.15, 0.2) is 42.5 Å². The van der Waals surface area contributed by atoms with Gasteiger partial charge >= 0.3 is 6.09 Å². The number of phenolic OH excluding ortho intramolecular Hbond substituents is 1. The van der Waals surface area contributed by atoms with E-state index in [2.05, 4.69) is 30.2 Å². The van der Waals surface area contributed by atoms with Crippen molar-refractivity contribution in [1.29, 1.82) is 0 Å². The van der Waals surface area contributed by atoms with Crippen molar-refractivity contribution in [3.05, 3.63) is 59.2 Å². The average molecular weight is 572 g/mol. The number of benzene rings is 2. The predicted octanol–water partition coefficient (Wildman–Crippen LogP) is 6.31. The SMILES string of the molecule is CCCCCCCN(C(=O)C(CS)NC(=O)OC(C)(C)C)C(C(=O)Nc1ccccc1C)c1ccc(O)c(C)c1. The fourth-order valence-electron chi connectivity index (χ4n) is 4.32. The number of thiol groups is 1. The number of carbonyl (C=O) groups excluding carboxylic acids is 3. The van der Waals surface area contributed by atoms with Crippen molar-refractivity contribution in [3.8, 4) is 5.75 Å². The van der Waals surface area contributed by atoms with Crippen LogP contribution in [0.5, 0.6) is 5.75 Å². The number of anilines is 1. The van der Waals surface area contributed by atoms with Gasteiger partial charge in [0.1, 0.15) is 23.4 Å². The summed E-state index contributed by atoms with van der Waals surface area (Å²) in [7, 11) is 0. The quantitative estimate of drug-likeness (QED) is 0.166. The fraction of sp³-hybridized carbons (Fsp3) is 0.516. The first-order chi connectivity index (χ1) is 18.9. The van der Waals surface area contributed by atoms with Gasteiger partial charge < -0.3 is 25.4 Å². The molecule has 8 nitrogen and oxygen atoms in total. The van der Waals surface area contributed by atoms with Crippen molar-refractivity contribution in [3.63, 3.8) is 0 Å². The first-order valence-corrected chi connectivity index (χ1v) is 14.6. The number of ether oxygens (including phenoxy) is 1. The number of nitrogens with zero attached hydrogens (tertiary/aromatic N) is 1. The molecule has 0 aliphatic heterocycles. The molecule has 0 bridgehead atoms. The minimum atomic E-state index is -1.01. The van der Waals surface area contributed by atoms with Gasteiger partial charge in [0.15, 0.2) is 0 Å². The molecule has 0 aliphatic rings. The Bertz CT molecular complexity index is 1150. The summed E-state index contributed by atoms with van der Waals surface area (Å²) in [4.78, 5) is 42.1. The number of rotatable bonds is 13. The Labute approximate surface area is 244 Å². The fourth-order valence-corrected chi connectivity index (χ4v) is 4.57. The van der Waals surface area contributed by atoms with Gasteiger partial charge in [0.05, 0.1) is 0 Å². The van der Waals surface area contributed by atoms with Gasteiger partial charge in [-0.25, -0.2) is 4.79 Å². The molecule has 2 atom stereocenters. The number of hydrogen-bond acceptors (Lipinski definition) is 6. The molecule has 2 aromatic rings. The second kappa shape index (κ2) is 15.6. The number of phenols is 1. The molecular formula is C31H45N3O5S. The summed E-state index contributed by atoms with van der Waals surface area (Å²) >= 11 is 4.35. The van der Waals surface area contributed by atoms with Crippen LogP contribution in [0, 0.1) is 13.8 Å². The summed E-state index contributed by atoms with van der Waals surface area (Å²) in [6, 6.07) is 10.3. The van der Waals surface area contributed by atoms with E-state index >= 15 is 0 Å². The molecule has 0 heterocycles. The third kappa shape index (κ3) is 10.1. The summed E-state index contributed by atoms with van der Waals surface area (Å²) in [5, 5.41) is 15.8. The molecule has 3 amide bonds. The van der Waals surface area contributed by atoms with Crippen LogP contribution in [-0.4, -0.2) is 51.9 Å². The lowest BCUT2D eigenvalue weighted by Gasteiger charge is -2.34. The van der Waals surface area contributed by atoms with Crippen LogP contribution in [0.4, 0.5) is 10.5 Å². The van der Waals surface area contributed by atoms with Gasteiger partial charge in [0.25, 0.3) is 5.91 Å². The molecular weight excluding hydrogens is 526 g/mol. The number of nitrogens with one attached hydrogen (secondary N) is 2. The van der Waals surface area contributed by atoms with Gasteiger partial charge in [-0.1, -0.05) is 56.9 Å². The van der Waals surface area contributed by atoms with Crippen LogP contribution in [0.2, 0.25) is 0 Å². The second-order valence-electron chi connectivity index (χ2n) is 11.1. The molecule has 0 radical (unpaired) electrons. The number of hydrogen-bond donors (Lipinski definition) is 4. The number of aromatic hydroxyl groups is 1. The molecule has 40 heavy (non-hydrogen) atoms. The van der Waals surface area contributed by atoms with E-state index in [1.165, 1.54) is 11.0 Å². The number of para-hydroxylation sites is 1. The summed E-state index contributed by atoms with van der Waals surface area (Å²) in [6.07, 6.45) is 4.03. The normalized spacial score (nSPS) is 12.8. The van der Waals surface area contributed by atoms with Crippen LogP contribution in [-0.2, 0) is 14.3 Å². The van der Waals surface area contributed by atoms with Crippen LogP contribution in [0.1, 0.15) is 82.5 Å². The zero-order chi connectivity index (χ0) is 29.9. The van der Waals surface area contributed by atoms with Crippen molar-refractivity contribution in [1.82, 2.24) is 10.2 Å². The molecule has 0 saturated carbocycles. The summed E-state index contributed by atoms with van der Waals surface area (Å²) < 4.78 is 5.38. The lowest BCUT2D eigenvalue weighted by Crippen LogP contribution is -2.53. The molecule has 0 saturated heterocycles. The highest BCUT2D eigenvalue weighted by atomic mass is 32.1. The van der Waals surface area contributed by atoms with E-state index in [0.717, 1.165) is 31.2 Å². The van der Waals surface area contributed by atoms with Crippen molar-refractivity contribution in [2.75, 3.05) is 17.6 Å². The van der Waals surface area contributed by atoms with Gasteiger partial charge in [-0.2, -0.15) is 12.6 Å². The van der Waals surface area contributed by atoms with Crippen molar-refractivity contribution in [2.24, 2.45) is 0 Å². The predicted molar refractivity (Wildman–Crippen MR) is 163 cm³/mol. The van der Waals surface area contributed by atoms with Gasteiger partial charge in [-0.15, -0.1) is 0 Å². The van der Waals surface area contributed by atoms with Gasteiger partial charge in [0.2, 0.25) is 5.91 Å². The van der Waals surface area contributed by atoms with Crippen LogP contribution < -0.4 is 10.6 Å². The molecule has 220 valence electrons. The zero-order valence-electron chi connectivity index (χ0n) is 24.6. The van der Waals surface area contributed by atoms with Gasteiger partial charge in [-0.3, -0.25) is 9.59 Å². The molecule has 0 aromatic heterocycles. The zero-order valence-corrected chi connectivity index (χ0v) is 25.5. The van der Waals surface area contributed by atoms with Gasteiger partial charge in [-0.05, 0) is 75.9 Å². The van der Waals surface area contributed by atoms with E-state index in [1.54, 1.807) is 39.8 Å². The Kier molecular flexibility index (Phi) is 12.8. The molecule has 0 fully saturated rings. The highest BCUT2D eigenvalue weighted by Crippen LogP contribution is 2.29. The van der Waals surface area contributed by atoms with E-state index in [4.69, 9.17) is 4.74 Å². The smallest absolute Gasteiger partial charge is 0.408 e. The number of carbonyl (C=O) groups is 3. The molecule has 2 rings (SSSR count). The first-order valence-electron chi connectivity index (χ1n) is 13.9. The van der Waals surface area contributed by atoms with E-state index in [9.17, 15) is 19.5 Å². The van der Waals surface area contributed by atoms with Crippen molar-refractivity contribution >= 4 is 36.2 Å². The molecule has 9 heteroatoms. The minimum Gasteiger partial charge on any atom is -0.508 e. The Morgan fingerprint density at radius 2 is 1.68 bits per heavy atom. The third-order valence-corrected chi connectivity index (χ3v) is 6.82. The number of amides is 3. The summed E-state index contributed by atoms with van der Waals surface area (Å²) in [6.45, 7) is 11.3. The lowest BCUT2D eigenvalue weighted by atomic mass is 9.99. The van der Waals surface area contributed by atoms with E-state index in [0.29, 0.717) is 29.8 Å². The Morgan fingerprint density at radius 1 is 1.00 bits per heavy atom. The third-order valence-electron chi connectivity index (χ3n) is 6.46. The standard InChI is InChI=1S/C31H45N3O5S/c1-7-8-9-10-13-18-34(29(37)25(20-40)33-30(38)39-31(4,5)6)27(23-16-17-26(35)22(3)19-23)28(36)32-24-15-12-11-14-21(24)2/h11-12,14-17,19,25,27,35,40H,7-10,13,18,20H2,1-6H3,(H,32,36)(H,33,38). The largest absolute Gasteiger partial charge is 0.508 e. The highest BCUT2D eigenvalue weighted by molar-refractivity contribution is 7.80. The maximum absolute atomic E-state index is 14.1. The Morgan fingerprint density at radius 3 is 2.27 bits per heavy atom. The van der Waals surface area contributed by atoms with Crippen molar-refractivity contribution < 1.29 is 24.2 Å². The molecule has 3 N–H and O–H groups in total.